The van der Waals surface area contributed by atoms with E-state index in [9.17, 15) is 0 Å². The molecule has 0 amide bonds. The Bertz CT molecular complexity index is 722. The van der Waals surface area contributed by atoms with Gasteiger partial charge >= 0.3 is 0 Å². The molecule has 0 fully saturated rings. The van der Waals surface area contributed by atoms with E-state index in [0.29, 0.717) is 0 Å². The molecule has 0 aliphatic heterocycles. The molecule has 2 aromatic carbocycles. The number of aryl methyl sites for hydroxylation is 1. The van der Waals surface area contributed by atoms with E-state index in [2.05, 4.69) is 61.9 Å². The van der Waals surface area contributed by atoms with Crippen LogP contribution in [0.1, 0.15) is 11.1 Å². The number of benzene rings is 2. The first-order valence-corrected chi connectivity index (χ1v) is 7.34. The number of tetrazole rings is 1. The van der Waals surface area contributed by atoms with Crippen LogP contribution >= 0.6 is 15.9 Å². The molecule has 0 aliphatic carbocycles. The lowest BCUT2D eigenvalue weighted by Crippen LogP contribution is -2.00. The molecule has 0 radical (unpaired) electrons. The number of hydrogen-bond acceptors (Lipinski definition) is 4. The Hall–Kier alpha value is -2.21. The predicted octanol–water partition coefficient (Wildman–Crippen LogP) is 3.35. The molecule has 106 valence electrons. The van der Waals surface area contributed by atoms with Crippen molar-refractivity contribution < 1.29 is 0 Å². The van der Waals surface area contributed by atoms with Crippen LogP contribution in [0.3, 0.4) is 0 Å². The summed E-state index contributed by atoms with van der Waals surface area (Å²) in [5, 5.41) is 14.5. The van der Waals surface area contributed by atoms with Crippen molar-refractivity contribution in [2.45, 2.75) is 13.5 Å². The van der Waals surface area contributed by atoms with Crippen molar-refractivity contribution in [3.8, 4) is 5.69 Å². The average molecular weight is 344 g/mol. The van der Waals surface area contributed by atoms with Crippen LogP contribution in [-0.2, 0) is 6.54 Å². The summed E-state index contributed by atoms with van der Waals surface area (Å²) in [6.45, 7) is 2.88. The summed E-state index contributed by atoms with van der Waals surface area (Å²) in [6.07, 6.45) is 1.58. The summed E-state index contributed by atoms with van der Waals surface area (Å²) in [5.74, 6) is 0. The second kappa shape index (κ2) is 6.05. The van der Waals surface area contributed by atoms with Gasteiger partial charge in [-0.25, -0.2) is 4.68 Å². The fourth-order valence-corrected chi connectivity index (χ4v) is 2.28. The van der Waals surface area contributed by atoms with Crippen LogP contribution in [0, 0.1) is 6.92 Å². The molecule has 1 heterocycles. The molecule has 1 N–H and O–H groups in total. The van der Waals surface area contributed by atoms with Gasteiger partial charge in [-0.3, -0.25) is 0 Å². The van der Waals surface area contributed by atoms with Gasteiger partial charge in [0.1, 0.15) is 6.33 Å². The van der Waals surface area contributed by atoms with Crippen LogP contribution in [0.15, 0.2) is 53.3 Å². The molecule has 0 saturated heterocycles. The lowest BCUT2D eigenvalue weighted by molar-refractivity contribution is 0.789. The summed E-state index contributed by atoms with van der Waals surface area (Å²) in [7, 11) is 0. The number of aromatic nitrogens is 4. The summed E-state index contributed by atoms with van der Waals surface area (Å²) >= 11 is 3.51. The van der Waals surface area contributed by atoms with Gasteiger partial charge in [-0.05, 0) is 58.8 Å². The maximum atomic E-state index is 3.86. The first-order valence-electron chi connectivity index (χ1n) is 6.55. The van der Waals surface area contributed by atoms with Crippen LogP contribution in [-0.4, -0.2) is 20.2 Å². The van der Waals surface area contributed by atoms with Crippen molar-refractivity contribution in [3.63, 3.8) is 0 Å². The van der Waals surface area contributed by atoms with Crippen molar-refractivity contribution in [3.05, 3.63) is 64.4 Å². The van der Waals surface area contributed by atoms with E-state index in [0.717, 1.165) is 22.4 Å². The first-order chi connectivity index (χ1) is 10.2. The fourth-order valence-electron chi connectivity index (χ4n) is 2.03. The second-order valence-electron chi connectivity index (χ2n) is 4.74. The molecule has 21 heavy (non-hydrogen) atoms. The zero-order valence-corrected chi connectivity index (χ0v) is 13.1. The van der Waals surface area contributed by atoms with Crippen LogP contribution in [0.2, 0.25) is 0 Å². The number of nitrogens with zero attached hydrogens (tertiary/aromatic N) is 4. The van der Waals surface area contributed by atoms with Crippen LogP contribution in [0.5, 0.6) is 0 Å². The van der Waals surface area contributed by atoms with E-state index < -0.39 is 0 Å². The van der Waals surface area contributed by atoms with Gasteiger partial charge in [-0.2, -0.15) is 0 Å². The molecular weight excluding hydrogens is 330 g/mol. The molecule has 3 rings (SSSR count). The molecule has 0 bridgehead atoms. The standard InChI is InChI=1S/C15H14BrN5/c1-11-8-12(2-7-15(11)16)9-17-13-3-5-14(6-4-13)21-10-18-19-20-21/h2-8,10,17H,9H2,1H3. The highest BCUT2D eigenvalue weighted by atomic mass is 79.9. The third kappa shape index (κ3) is 3.28. The van der Waals surface area contributed by atoms with Crippen LogP contribution in [0.25, 0.3) is 5.69 Å². The normalized spacial score (nSPS) is 10.6. The molecule has 0 aliphatic rings. The maximum Gasteiger partial charge on any atom is 0.143 e. The molecular formula is C15H14BrN5. The third-order valence-electron chi connectivity index (χ3n) is 3.20. The average Bonchev–Trinajstić information content (AvgIpc) is 3.03. The Morgan fingerprint density at radius 1 is 1.14 bits per heavy atom. The number of anilines is 1. The van der Waals surface area contributed by atoms with Gasteiger partial charge in [0.15, 0.2) is 0 Å². The minimum Gasteiger partial charge on any atom is -0.381 e. The Balaban J connectivity index is 1.66. The van der Waals surface area contributed by atoms with Crippen LogP contribution in [0.4, 0.5) is 5.69 Å². The van der Waals surface area contributed by atoms with Gasteiger partial charge in [0.25, 0.3) is 0 Å². The SMILES string of the molecule is Cc1cc(CNc2ccc(-n3cnnn3)cc2)ccc1Br. The number of halogens is 1. The predicted molar refractivity (Wildman–Crippen MR) is 85.4 cm³/mol. The Morgan fingerprint density at radius 2 is 1.95 bits per heavy atom. The minimum atomic E-state index is 0.790. The van der Waals surface area contributed by atoms with Crippen molar-refractivity contribution in [1.82, 2.24) is 20.2 Å². The third-order valence-corrected chi connectivity index (χ3v) is 4.09. The highest BCUT2D eigenvalue weighted by Crippen LogP contribution is 2.18. The quantitative estimate of drug-likeness (QED) is 0.789. The van der Waals surface area contributed by atoms with E-state index in [1.165, 1.54) is 11.1 Å². The highest BCUT2D eigenvalue weighted by molar-refractivity contribution is 9.10. The Morgan fingerprint density at radius 3 is 2.62 bits per heavy atom. The zero-order valence-electron chi connectivity index (χ0n) is 11.5. The summed E-state index contributed by atoms with van der Waals surface area (Å²) < 4.78 is 2.76. The summed E-state index contributed by atoms with van der Waals surface area (Å²) in [6, 6.07) is 14.3. The summed E-state index contributed by atoms with van der Waals surface area (Å²) in [5.41, 5.74) is 4.49. The van der Waals surface area contributed by atoms with E-state index in [1.54, 1.807) is 11.0 Å². The number of hydrogen-bond donors (Lipinski definition) is 1. The lowest BCUT2D eigenvalue weighted by Gasteiger charge is -2.09. The van der Waals surface area contributed by atoms with Gasteiger partial charge in [-0.1, -0.05) is 28.1 Å². The van der Waals surface area contributed by atoms with E-state index in [4.69, 9.17) is 0 Å². The molecule has 0 unspecified atom stereocenters. The van der Waals surface area contributed by atoms with Gasteiger partial charge in [0.05, 0.1) is 5.69 Å². The Kier molecular flexibility index (Phi) is 3.96. The lowest BCUT2D eigenvalue weighted by atomic mass is 10.1. The topological polar surface area (TPSA) is 55.6 Å². The molecule has 3 aromatic rings. The number of rotatable bonds is 4. The van der Waals surface area contributed by atoms with Crippen LogP contribution < -0.4 is 5.32 Å². The first kappa shape index (κ1) is 13.8. The zero-order chi connectivity index (χ0) is 14.7. The largest absolute Gasteiger partial charge is 0.381 e. The highest BCUT2D eigenvalue weighted by Gasteiger charge is 2.00. The smallest absolute Gasteiger partial charge is 0.143 e. The molecule has 0 atom stereocenters. The maximum absolute atomic E-state index is 3.86. The van der Waals surface area contributed by atoms with E-state index in [1.807, 2.05) is 24.3 Å². The number of nitrogens with one attached hydrogen (secondary N) is 1. The van der Waals surface area contributed by atoms with Crippen molar-refractivity contribution in [2.75, 3.05) is 5.32 Å². The van der Waals surface area contributed by atoms with Gasteiger partial charge < -0.3 is 5.32 Å². The van der Waals surface area contributed by atoms with Crippen molar-refractivity contribution >= 4 is 21.6 Å². The molecule has 0 spiro atoms. The fraction of sp³-hybridized carbons (Fsp3) is 0.133. The Labute approximate surface area is 131 Å². The molecule has 6 heteroatoms. The molecule has 0 saturated carbocycles. The van der Waals surface area contributed by atoms with Crippen molar-refractivity contribution in [2.24, 2.45) is 0 Å². The second-order valence-corrected chi connectivity index (χ2v) is 5.59. The van der Waals surface area contributed by atoms with Gasteiger partial charge in [0, 0.05) is 16.7 Å². The minimum absolute atomic E-state index is 0.790. The van der Waals surface area contributed by atoms with Gasteiger partial charge in [0.2, 0.25) is 0 Å². The monoisotopic (exact) mass is 343 g/mol. The molecule has 5 nitrogen and oxygen atoms in total. The van der Waals surface area contributed by atoms with E-state index >= 15 is 0 Å². The molecule has 1 aromatic heterocycles. The van der Waals surface area contributed by atoms with Gasteiger partial charge in [-0.15, -0.1) is 5.10 Å². The van der Waals surface area contributed by atoms with E-state index in [-0.39, 0.29) is 0 Å². The summed E-state index contributed by atoms with van der Waals surface area (Å²) in [4.78, 5) is 0. The van der Waals surface area contributed by atoms with Crippen molar-refractivity contribution in [1.29, 1.82) is 0 Å².